The smallest absolute Gasteiger partial charge is 0.276 e. The van der Waals surface area contributed by atoms with E-state index in [4.69, 9.17) is 16.1 Å². The van der Waals surface area contributed by atoms with Gasteiger partial charge in [0.2, 0.25) is 0 Å². The number of nitrogens with one attached hydrogen (secondary N) is 2. The molecule has 23 heavy (non-hydrogen) atoms. The van der Waals surface area contributed by atoms with Gasteiger partial charge >= 0.3 is 0 Å². The van der Waals surface area contributed by atoms with Crippen molar-refractivity contribution in [3.8, 4) is 0 Å². The standard InChI is InChI=1S/C15H12ClN5O2/c1-9-8-14(21-23-9)18-13-7-6-12(19-20-13)15(22)17-11-5-3-2-4-10(11)16/h2-8H,1H3,(H,17,22)(H,18,20,21). The number of carbonyl (C=O) groups excluding carboxylic acids is 1. The fourth-order valence-corrected chi connectivity index (χ4v) is 2.01. The summed E-state index contributed by atoms with van der Waals surface area (Å²) in [6.45, 7) is 1.78. The van der Waals surface area contributed by atoms with Gasteiger partial charge in [-0.1, -0.05) is 28.9 Å². The summed E-state index contributed by atoms with van der Waals surface area (Å²) < 4.78 is 4.94. The Morgan fingerprint density at radius 1 is 1.13 bits per heavy atom. The second-order valence-electron chi connectivity index (χ2n) is 4.69. The highest BCUT2D eigenvalue weighted by Gasteiger charge is 2.11. The van der Waals surface area contributed by atoms with Crippen molar-refractivity contribution in [2.24, 2.45) is 0 Å². The second kappa shape index (κ2) is 6.45. The van der Waals surface area contributed by atoms with E-state index in [0.717, 1.165) is 0 Å². The number of para-hydroxylation sites is 1. The normalized spacial score (nSPS) is 10.3. The first-order valence-corrected chi connectivity index (χ1v) is 7.09. The highest BCUT2D eigenvalue weighted by molar-refractivity contribution is 6.33. The van der Waals surface area contributed by atoms with Crippen molar-refractivity contribution >= 4 is 34.8 Å². The molecule has 3 aromatic rings. The number of aryl methyl sites for hydroxylation is 1. The zero-order chi connectivity index (χ0) is 16.2. The maximum atomic E-state index is 12.1. The lowest BCUT2D eigenvalue weighted by Gasteiger charge is -2.06. The van der Waals surface area contributed by atoms with Crippen molar-refractivity contribution < 1.29 is 9.32 Å². The number of rotatable bonds is 4. The Labute approximate surface area is 136 Å². The number of aromatic nitrogens is 3. The first kappa shape index (κ1) is 15.0. The number of anilines is 3. The first-order valence-electron chi connectivity index (χ1n) is 6.72. The van der Waals surface area contributed by atoms with Gasteiger partial charge in [0, 0.05) is 6.07 Å². The molecule has 2 N–H and O–H groups in total. The predicted molar refractivity (Wildman–Crippen MR) is 86.0 cm³/mol. The molecular formula is C15H12ClN5O2. The molecule has 8 heteroatoms. The van der Waals surface area contributed by atoms with Crippen LogP contribution in [0.25, 0.3) is 0 Å². The average Bonchev–Trinajstić information content (AvgIpc) is 2.95. The minimum absolute atomic E-state index is 0.173. The van der Waals surface area contributed by atoms with Crippen molar-refractivity contribution in [3.63, 3.8) is 0 Å². The Morgan fingerprint density at radius 2 is 1.96 bits per heavy atom. The van der Waals surface area contributed by atoms with Crippen LogP contribution in [-0.2, 0) is 0 Å². The highest BCUT2D eigenvalue weighted by Crippen LogP contribution is 2.21. The molecule has 116 valence electrons. The number of nitrogens with zero attached hydrogens (tertiary/aromatic N) is 3. The summed E-state index contributed by atoms with van der Waals surface area (Å²) in [5.74, 6) is 1.25. The van der Waals surface area contributed by atoms with E-state index in [2.05, 4.69) is 26.0 Å². The van der Waals surface area contributed by atoms with E-state index in [9.17, 15) is 4.79 Å². The minimum atomic E-state index is -0.394. The van der Waals surface area contributed by atoms with Gasteiger partial charge in [0.25, 0.3) is 5.91 Å². The largest absolute Gasteiger partial charge is 0.360 e. The molecule has 0 spiro atoms. The van der Waals surface area contributed by atoms with E-state index >= 15 is 0 Å². The van der Waals surface area contributed by atoms with Crippen LogP contribution in [-0.4, -0.2) is 21.3 Å². The van der Waals surface area contributed by atoms with Crippen molar-refractivity contribution in [2.75, 3.05) is 10.6 Å². The van der Waals surface area contributed by atoms with Gasteiger partial charge in [0.15, 0.2) is 17.3 Å². The van der Waals surface area contributed by atoms with Crippen molar-refractivity contribution in [1.82, 2.24) is 15.4 Å². The maximum Gasteiger partial charge on any atom is 0.276 e. The molecule has 7 nitrogen and oxygen atoms in total. The summed E-state index contributed by atoms with van der Waals surface area (Å²) in [5, 5.41) is 17.6. The monoisotopic (exact) mass is 329 g/mol. The third kappa shape index (κ3) is 3.64. The number of halogens is 1. The lowest BCUT2D eigenvalue weighted by molar-refractivity contribution is 0.102. The molecule has 0 fully saturated rings. The van der Waals surface area contributed by atoms with Gasteiger partial charge in [-0.15, -0.1) is 10.2 Å². The molecule has 0 aliphatic carbocycles. The zero-order valence-electron chi connectivity index (χ0n) is 12.1. The van der Waals surface area contributed by atoms with Gasteiger partial charge in [0.05, 0.1) is 10.7 Å². The number of benzene rings is 1. The van der Waals surface area contributed by atoms with Gasteiger partial charge in [-0.25, -0.2) is 0 Å². The predicted octanol–water partition coefficient (Wildman–Crippen LogP) is 3.42. The average molecular weight is 330 g/mol. The van der Waals surface area contributed by atoms with Gasteiger partial charge in [0.1, 0.15) is 5.76 Å². The Morgan fingerprint density at radius 3 is 2.61 bits per heavy atom. The minimum Gasteiger partial charge on any atom is -0.360 e. The number of hydrogen-bond acceptors (Lipinski definition) is 6. The Balaban J connectivity index is 1.69. The number of carbonyl (C=O) groups is 1. The summed E-state index contributed by atoms with van der Waals surface area (Å²) in [7, 11) is 0. The fourth-order valence-electron chi connectivity index (χ4n) is 1.83. The molecule has 0 aliphatic rings. The molecule has 3 rings (SSSR count). The van der Waals surface area contributed by atoms with E-state index in [-0.39, 0.29) is 5.69 Å². The second-order valence-corrected chi connectivity index (χ2v) is 5.09. The number of amides is 1. The lowest BCUT2D eigenvalue weighted by Crippen LogP contribution is -2.14. The van der Waals surface area contributed by atoms with Crippen molar-refractivity contribution in [1.29, 1.82) is 0 Å². The number of hydrogen-bond donors (Lipinski definition) is 2. The molecule has 0 bridgehead atoms. The van der Waals surface area contributed by atoms with Crippen molar-refractivity contribution in [2.45, 2.75) is 6.92 Å². The molecule has 0 unspecified atom stereocenters. The SMILES string of the molecule is Cc1cc(Nc2ccc(C(=O)Nc3ccccc3Cl)nn2)no1. The summed E-state index contributed by atoms with van der Waals surface area (Å²) >= 11 is 6.00. The highest BCUT2D eigenvalue weighted by atomic mass is 35.5. The molecule has 2 heterocycles. The Kier molecular flexibility index (Phi) is 4.20. The molecule has 0 radical (unpaired) electrons. The van der Waals surface area contributed by atoms with Crippen LogP contribution in [0.15, 0.2) is 47.0 Å². The third-order valence-electron chi connectivity index (χ3n) is 2.90. The van der Waals surface area contributed by atoms with E-state index in [1.807, 2.05) is 0 Å². The van der Waals surface area contributed by atoms with Crippen molar-refractivity contribution in [3.05, 3.63) is 58.9 Å². The van der Waals surface area contributed by atoms with Gasteiger partial charge in [-0.3, -0.25) is 4.79 Å². The van der Waals surface area contributed by atoms with Crippen LogP contribution < -0.4 is 10.6 Å². The van der Waals surface area contributed by atoms with E-state index in [1.165, 1.54) is 0 Å². The topological polar surface area (TPSA) is 92.9 Å². The van der Waals surface area contributed by atoms with E-state index in [0.29, 0.717) is 28.1 Å². The molecule has 0 saturated carbocycles. The molecule has 0 saturated heterocycles. The summed E-state index contributed by atoms with van der Waals surface area (Å²) in [5.41, 5.74) is 0.688. The molecule has 0 aliphatic heterocycles. The molecule has 0 atom stereocenters. The lowest BCUT2D eigenvalue weighted by atomic mass is 10.3. The quantitative estimate of drug-likeness (QED) is 0.761. The van der Waals surface area contributed by atoms with Crippen LogP contribution in [0.5, 0.6) is 0 Å². The maximum absolute atomic E-state index is 12.1. The molecular weight excluding hydrogens is 318 g/mol. The van der Waals surface area contributed by atoms with Crippen LogP contribution >= 0.6 is 11.6 Å². The van der Waals surface area contributed by atoms with Crippen LogP contribution in [0.2, 0.25) is 5.02 Å². The van der Waals surface area contributed by atoms with Gasteiger partial charge < -0.3 is 15.2 Å². The van der Waals surface area contributed by atoms with Gasteiger partial charge in [-0.05, 0) is 31.2 Å². The van der Waals surface area contributed by atoms with Gasteiger partial charge in [-0.2, -0.15) is 0 Å². The van der Waals surface area contributed by atoms with Crippen LogP contribution in [0.3, 0.4) is 0 Å². The fraction of sp³-hybridized carbons (Fsp3) is 0.0667. The third-order valence-corrected chi connectivity index (χ3v) is 3.23. The summed E-state index contributed by atoms with van der Waals surface area (Å²) in [6, 6.07) is 11.9. The molecule has 1 aromatic carbocycles. The zero-order valence-corrected chi connectivity index (χ0v) is 12.8. The molecule has 2 aromatic heterocycles. The Hall–Kier alpha value is -2.93. The Bertz CT molecular complexity index is 832. The van der Waals surface area contributed by atoms with Crippen LogP contribution in [0.4, 0.5) is 17.3 Å². The summed E-state index contributed by atoms with van der Waals surface area (Å²) in [4.78, 5) is 12.1. The van der Waals surface area contributed by atoms with E-state index in [1.54, 1.807) is 49.4 Å². The van der Waals surface area contributed by atoms with Crippen LogP contribution in [0, 0.1) is 6.92 Å². The molecule has 1 amide bonds. The summed E-state index contributed by atoms with van der Waals surface area (Å²) in [6.07, 6.45) is 0. The van der Waals surface area contributed by atoms with Crippen LogP contribution in [0.1, 0.15) is 16.2 Å². The van der Waals surface area contributed by atoms with E-state index < -0.39 is 5.91 Å². The first-order chi connectivity index (χ1) is 11.1.